The van der Waals surface area contributed by atoms with Gasteiger partial charge in [-0.1, -0.05) is 11.6 Å². The summed E-state index contributed by atoms with van der Waals surface area (Å²) in [5.74, 6) is 0.709. The zero-order chi connectivity index (χ0) is 10.8. The standard InChI is InChI=1S/C11H7ClN2O/c1-15-8-3-2-7-4-9(12)11(6-13)14-10(7)5-8/h2-5H,1H3. The average molecular weight is 219 g/mol. The van der Waals surface area contributed by atoms with Gasteiger partial charge in [-0.2, -0.15) is 5.26 Å². The number of halogens is 1. The normalized spacial score (nSPS) is 9.93. The third kappa shape index (κ3) is 1.72. The van der Waals surface area contributed by atoms with Crippen LogP contribution < -0.4 is 4.74 Å². The van der Waals surface area contributed by atoms with Gasteiger partial charge in [-0.3, -0.25) is 0 Å². The summed E-state index contributed by atoms with van der Waals surface area (Å²) in [6.45, 7) is 0. The van der Waals surface area contributed by atoms with Crippen LogP contribution in [0.1, 0.15) is 5.69 Å². The fourth-order valence-electron chi connectivity index (χ4n) is 1.33. The lowest BCUT2D eigenvalue weighted by molar-refractivity contribution is 0.415. The van der Waals surface area contributed by atoms with Gasteiger partial charge in [0.05, 0.1) is 17.6 Å². The van der Waals surface area contributed by atoms with E-state index in [1.807, 2.05) is 18.2 Å². The van der Waals surface area contributed by atoms with E-state index in [0.29, 0.717) is 16.3 Å². The Bertz CT molecular complexity index is 560. The maximum atomic E-state index is 8.78. The summed E-state index contributed by atoms with van der Waals surface area (Å²) < 4.78 is 5.07. The van der Waals surface area contributed by atoms with E-state index in [1.165, 1.54) is 0 Å². The Kier molecular flexibility index (Phi) is 2.44. The van der Waals surface area contributed by atoms with E-state index in [4.69, 9.17) is 21.6 Å². The van der Waals surface area contributed by atoms with Crippen LogP contribution in [0.15, 0.2) is 24.3 Å². The highest BCUT2D eigenvalue weighted by Crippen LogP contribution is 2.23. The minimum atomic E-state index is 0.234. The van der Waals surface area contributed by atoms with Gasteiger partial charge in [-0.15, -0.1) is 0 Å². The van der Waals surface area contributed by atoms with Crippen molar-refractivity contribution in [1.29, 1.82) is 5.26 Å². The fourth-order valence-corrected chi connectivity index (χ4v) is 1.53. The lowest BCUT2D eigenvalue weighted by Crippen LogP contribution is -1.88. The second kappa shape index (κ2) is 3.76. The third-order valence-electron chi connectivity index (χ3n) is 2.08. The van der Waals surface area contributed by atoms with E-state index in [9.17, 15) is 0 Å². The zero-order valence-corrected chi connectivity index (χ0v) is 8.75. The molecule has 0 aliphatic heterocycles. The van der Waals surface area contributed by atoms with E-state index >= 15 is 0 Å². The third-order valence-corrected chi connectivity index (χ3v) is 2.37. The number of nitrogens with zero attached hydrogens (tertiary/aromatic N) is 2. The Morgan fingerprint density at radius 1 is 1.40 bits per heavy atom. The lowest BCUT2D eigenvalue weighted by Gasteiger charge is -2.02. The van der Waals surface area contributed by atoms with Crippen molar-refractivity contribution in [2.75, 3.05) is 7.11 Å². The van der Waals surface area contributed by atoms with E-state index < -0.39 is 0 Å². The number of hydrogen-bond donors (Lipinski definition) is 0. The molecule has 0 saturated carbocycles. The van der Waals surface area contributed by atoms with E-state index in [1.54, 1.807) is 19.2 Å². The molecule has 2 rings (SSSR count). The van der Waals surface area contributed by atoms with Crippen molar-refractivity contribution in [3.05, 3.63) is 35.0 Å². The Labute approximate surface area is 91.9 Å². The molecule has 15 heavy (non-hydrogen) atoms. The average Bonchev–Trinajstić information content (AvgIpc) is 2.27. The molecule has 0 amide bonds. The van der Waals surface area contributed by atoms with Crippen LogP contribution in [-0.4, -0.2) is 12.1 Å². The lowest BCUT2D eigenvalue weighted by atomic mass is 10.2. The van der Waals surface area contributed by atoms with Crippen molar-refractivity contribution in [3.8, 4) is 11.8 Å². The summed E-state index contributed by atoms with van der Waals surface area (Å²) in [7, 11) is 1.59. The van der Waals surface area contributed by atoms with Gasteiger partial charge < -0.3 is 4.74 Å². The number of hydrogen-bond acceptors (Lipinski definition) is 3. The highest BCUT2D eigenvalue weighted by Gasteiger charge is 2.04. The Hall–Kier alpha value is -1.79. The fraction of sp³-hybridized carbons (Fsp3) is 0.0909. The second-order valence-electron chi connectivity index (χ2n) is 2.99. The number of nitriles is 1. The quantitative estimate of drug-likeness (QED) is 0.740. The first kappa shape index (κ1) is 9.75. The van der Waals surface area contributed by atoms with Gasteiger partial charge in [-0.05, 0) is 18.2 Å². The summed E-state index contributed by atoms with van der Waals surface area (Å²) in [5.41, 5.74) is 0.938. The number of rotatable bonds is 1. The van der Waals surface area contributed by atoms with Crippen molar-refractivity contribution in [1.82, 2.24) is 4.98 Å². The summed E-state index contributed by atoms with van der Waals surface area (Å²) in [6.07, 6.45) is 0. The van der Waals surface area contributed by atoms with Crippen LogP contribution in [0, 0.1) is 11.3 Å². The topological polar surface area (TPSA) is 45.9 Å². The monoisotopic (exact) mass is 218 g/mol. The molecule has 0 atom stereocenters. The summed E-state index contributed by atoms with van der Waals surface area (Å²) in [6, 6.07) is 9.12. The number of ether oxygens (including phenoxy) is 1. The molecule has 3 nitrogen and oxygen atoms in total. The molecule has 0 bridgehead atoms. The first-order chi connectivity index (χ1) is 7.24. The first-order valence-corrected chi connectivity index (χ1v) is 4.67. The second-order valence-corrected chi connectivity index (χ2v) is 3.40. The van der Waals surface area contributed by atoms with Crippen LogP contribution in [-0.2, 0) is 0 Å². The SMILES string of the molecule is COc1ccc2cc(Cl)c(C#N)nc2c1. The molecular weight excluding hydrogens is 212 g/mol. The number of benzene rings is 1. The van der Waals surface area contributed by atoms with Crippen LogP contribution in [0.3, 0.4) is 0 Å². The molecule has 0 aliphatic rings. The Morgan fingerprint density at radius 3 is 2.87 bits per heavy atom. The van der Waals surface area contributed by atoms with Gasteiger partial charge in [0, 0.05) is 11.5 Å². The van der Waals surface area contributed by atoms with Crippen LogP contribution in [0.4, 0.5) is 0 Å². The van der Waals surface area contributed by atoms with Gasteiger partial charge in [0.1, 0.15) is 11.8 Å². The van der Waals surface area contributed by atoms with Gasteiger partial charge in [0.2, 0.25) is 0 Å². The van der Waals surface area contributed by atoms with Crippen LogP contribution in [0.25, 0.3) is 10.9 Å². The molecule has 74 valence electrons. The molecule has 1 aromatic carbocycles. The van der Waals surface area contributed by atoms with Crippen molar-refractivity contribution in [2.24, 2.45) is 0 Å². The number of aromatic nitrogens is 1. The maximum Gasteiger partial charge on any atom is 0.159 e. The summed E-state index contributed by atoms with van der Waals surface area (Å²) >= 11 is 5.86. The predicted octanol–water partition coefficient (Wildman–Crippen LogP) is 2.77. The van der Waals surface area contributed by atoms with E-state index in [2.05, 4.69) is 4.98 Å². The molecule has 0 aliphatic carbocycles. The van der Waals surface area contributed by atoms with Crippen LogP contribution >= 0.6 is 11.6 Å². The zero-order valence-electron chi connectivity index (χ0n) is 7.99. The smallest absolute Gasteiger partial charge is 0.159 e. The number of pyridine rings is 1. The molecule has 1 aromatic heterocycles. The number of fused-ring (bicyclic) bond motifs is 1. The van der Waals surface area contributed by atoms with Crippen molar-refractivity contribution in [2.45, 2.75) is 0 Å². The minimum Gasteiger partial charge on any atom is -0.497 e. The van der Waals surface area contributed by atoms with Gasteiger partial charge in [0.25, 0.3) is 0 Å². The largest absolute Gasteiger partial charge is 0.497 e. The van der Waals surface area contributed by atoms with Gasteiger partial charge >= 0.3 is 0 Å². The molecule has 0 saturated heterocycles. The molecule has 0 radical (unpaired) electrons. The van der Waals surface area contributed by atoms with Crippen molar-refractivity contribution >= 4 is 22.5 Å². The minimum absolute atomic E-state index is 0.234. The van der Waals surface area contributed by atoms with E-state index in [-0.39, 0.29) is 5.69 Å². The highest BCUT2D eigenvalue weighted by atomic mass is 35.5. The van der Waals surface area contributed by atoms with E-state index in [0.717, 1.165) is 5.39 Å². The van der Waals surface area contributed by atoms with Crippen molar-refractivity contribution < 1.29 is 4.74 Å². The molecule has 4 heteroatoms. The van der Waals surface area contributed by atoms with Crippen molar-refractivity contribution in [3.63, 3.8) is 0 Å². The molecule has 0 fully saturated rings. The first-order valence-electron chi connectivity index (χ1n) is 4.29. The Balaban J connectivity index is 2.72. The highest BCUT2D eigenvalue weighted by molar-refractivity contribution is 6.32. The number of methoxy groups -OCH3 is 1. The van der Waals surface area contributed by atoms with Gasteiger partial charge in [-0.25, -0.2) is 4.98 Å². The Morgan fingerprint density at radius 2 is 2.20 bits per heavy atom. The molecule has 0 spiro atoms. The molecule has 0 unspecified atom stereocenters. The van der Waals surface area contributed by atoms with Crippen LogP contribution in [0.5, 0.6) is 5.75 Å². The summed E-state index contributed by atoms with van der Waals surface area (Å²) in [4.78, 5) is 4.13. The molecule has 1 heterocycles. The molecular formula is C11H7ClN2O. The molecule has 0 N–H and O–H groups in total. The maximum absolute atomic E-state index is 8.78. The summed E-state index contributed by atoms with van der Waals surface area (Å²) in [5, 5.41) is 10.0. The van der Waals surface area contributed by atoms with Crippen LogP contribution in [0.2, 0.25) is 5.02 Å². The van der Waals surface area contributed by atoms with Gasteiger partial charge in [0.15, 0.2) is 5.69 Å². The molecule has 2 aromatic rings. The predicted molar refractivity (Wildman–Crippen MR) is 58.0 cm³/mol.